The predicted molar refractivity (Wildman–Crippen MR) is 83.1 cm³/mol. The minimum absolute atomic E-state index is 0.132. The molecule has 2 aromatic rings. The van der Waals surface area contributed by atoms with Crippen molar-refractivity contribution in [3.63, 3.8) is 0 Å². The van der Waals surface area contributed by atoms with Gasteiger partial charge in [-0.3, -0.25) is 0 Å². The van der Waals surface area contributed by atoms with Gasteiger partial charge in [-0.05, 0) is 42.8 Å². The molecule has 0 saturated heterocycles. The van der Waals surface area contributed by atoms with E-state index in [1.54, 1.807) is 18.2 Å². The second-order valence-corrected chi connectivity index (χ2v) is 5.02. The molecule has 0 radical (unpaired) electrons. The van der Waals surface area contributed by atoms with Crippen molar-refractivity contribution in [1.82, 2.24) is 0 Å². The van der Waals surface area contributed by atoms with E-state index in [9.17, 15) is 9.18 Å². The van der Waals surface area contributed by atoms with E-state index in [2.05, 4.69) is 10.6 Å². The van der Waals surface area contributed by atoms with Gasteiger partial charge in [-0.2, -0.15) is 0 Å². The van der Waals surface area contributed by atoms with Crippen molar-refractivity contribution in [2.45, 2.75) is 13.0 Å². The fourth-order valence-corrected chi connectivity index (χ4v) is 1.94. The van der Waals surface area contributed by atoms with Crippen LogP contribution in [0.2, 0.25) is 5.02 Å². The zero-order chi connectivity index (χ0) is 15.4. The lowest BCUT2D eigenvalue weighted by molar-refractivity contribution is 0.262. The molecular formula is C15H15ClFN3O. The maximum absolute atomic E-state index is 13.1. The van der Waals surface area contributed by atoms with Crippen molar-refractivity contribution in [2.24, 2.45) is 5.73 Å². The molecule has 0 aliphatic carbocycles. The van der Waals surface area contributed by atoms with Crippen LogP contribution < -0.4 is 16.4 Å². The Balaban J connectivity index is 2.08. The first-order valence-corrected chi connectivity index (χ1v) is 6.72. The Hall–Kier alpha value is -2.11. The van der Waals surface area contributed by atoms with Crippen molar-refractivity contribution < 1.29 is 9.18 Å². The zero-order valence-corrected chi connectivity index (χ0v) is 12.1. The van der Waals surface area contributed by atoms with E-state index in [4.69, 9.17) is 17.3 Å². The van der Waals surface area contributed by atoms with Gasteiger partial charge < -0.3 is 16.4 Å². The maximum Gasteiger partial charge on any atom is 0.323 e. The average Bonchev–Trinajstić information content (AvgIpc) is 2.43. The number of halogens is 2. The predicted octanol–water partition coefficient (Wildman–Crippen LogP) is 4.14. The van der Waals surface area contributed by atoms with Gasteiger partial charge in [-0.15, -0.1) is 0 Å². The number of rotatable bonds is 3. The van der Waals surface area contributed by atoms with E-state index < -0.39 is 11.8 Å². The van der Waals surface area contributed by atoms with Gasteiger partial charge in [0.2, 0.25) is 0 Å². The fourth-order valence-electron chi connectivity index (χ4n) is 1.78. The van der Waals surface area contributed by atoms with Crippen LogP contribution in [0.4, 0.5) is 20.6 Å². The van der Waals surface area contributed by atoms with Gasteiger partial charge in [0, 0.05) is 11.7 Å². The highest BCUT2D eigenvalue weighted by Gasteiger charge is 2.08. The Morgan fingerprint density at radius 3 is 2.71 bits per heavy atom. The van der Waals surface area contributed by atoms with Gasteiger partial charge in [0.25, 0.3) is 0 Å². The molecular weight excluding hydrogens is 293 g/mol. The number of nitrogens with one attached hydrogen (secondary N) is 2. The van der Waals surface area contributed by atoms with Crippen molar-refractivity contribution >= 4 is 29.0 Å². The summed E-state index contributed by atoms with van der Waals surface area (Å²) in [4.78, 5) is 11.9. The molecule has 0 fully saturated rings. The van der Waals surface area contributed by atoms with E-state index in [0.29, 0.717) is 5.69 Å². The molecule has 0 aliphatic heterocycles. The number of carbonyl (C=O) groups excluding carboxylic acids is 1. The quantitative estimate of drug-likeness (QED) is 0.797. The molecule has 2 aromatic carbocycles. The lowest BCUT2D eigenvalue weighted by atomic mass is 10.1. The molecule has 21 heavy (non-hydrogen) atoms. The van der Waals surface area contributed by atoms with Crippen molar-refractivity contribution in [3.05, 3.63) is 58.9 Å². The molecule has 2 rings (SSSR count). The van der Waals surface area contributed by atoms with E-state index in [-0.39, 0.29) is 16.8 Å². The third-order valence-electron chi connectivity index (χ3n) is 2.85. The molecule has 1 atom stereocenters. The highest BCUT2D eigenvalue weighted by Crippen LogP contribution is 2.23. The van der Waals surface area contributed by atoms with Crippen LogP contribution in [0.25, 0.3) is 0 Å². The topological polar surface area (TPSA) is 67.1 Å². The number of anilines is 2. The lowest BCUT2D eigenvalue weighted by Crippen LogP contribution is -2.20. The summed E-state index contributed by atoms with van der Waals surface area (Å²) in [6.45, 7) is 1.85. The summed E-state index contributed by atoms with van der Waals surface area (Å²) in [5, 5.41) is 5.40. The van der Waals surface area contributed by atoms with Crippen molar-refractivity contribution in [1.29, 1.82) is 0 Å². The largest absolute Gasteiger partial charge is 0.324 e. The zero-order valence-electron chi connectivity index (χ0n) is 11.4. The summed E-state index contributed by atoms with van der Waals surface area (Å²) >= 11 is 5.88. The van der Waals surface area contributed by atoms with E-state index in [0.717, 1.165) is 11.6 Å². The van der Waals surface area contributed by atoms with E-state index in [1.165, 1.54) is 12.1 Å². The summed E-state index contributed by atoms with van der Waals surface area (Å²) in [6, 6.07) is 10.3. The molecule has 4 nitrogen and oxygen atoms in total. The van der Waals surface area contributed by atoms with Crippen molar-refractivity contribution in [2.75, 3.05) is 10.6 Å². The maximum atomic E-state index is 13.1. The van der Waals surface area contributed by atoms with Crippen LogP contribution in [0, 0.1) is 5.82 Å². The Kier molecular flexibility index (Phi) is 4.77. The molecule has 0 bridgehead atoms. The molecule has 110 valence electrons. The van der Waals surface area contributed by atoms with Gasteiger partial charge in [0.15, 0.2) is 0 Å². The summed E-state index contributed by atoms with van der Waals surface area (Å²) in [5.74, 6) is -0.478. The van der Waals surface area contributed by atoms with Crippen molar-refractivity contribution in [3.8, 4) is 0 Å². The normalized spacial score (nSPS) is 11.8. The molecule has 0 saturated carbocycles. The smallest absolute Gasteiger partial charge is 0.323 e. The standard InChI is InChI=1S/C15H15ClFN3O/c1-9(18)10-3-2-4-12(7-10)19-15(21)20-14-8-11(17)5-6-13(14)16/h2-9H,18H2,1H3,(H2,19,20,21). The number of hydrogen-bond donors (Lipinski definition) is 3. The average molecular weight is 308 g/mol. The molecule has 0 aromatic heterocycles. The first-order valence-electron chi connectivity index (χ1n) is 6.34. The van der Waals surface area contributed by atoms with Gasteiger partial charge in [-0.25, -0.2) is 9.18 Å². The highest BCUT2D eigenvalue weighted by atomic mass is 35.5. The second-order valence-electron chi connectivity index (χ2n) is 4.62. The molecule has 2 amide bonds. The minimum Gasteiger partial charge on any atom is -0.324 e. The molecule has 6 heteroatoms. The van der Waals surface area contributed by atoms with Crippen LogP contribution in [-0.4, -0.2) is 6.03 Å². The third kappa shape index (κ3) is 4.18. The van der Waals surface area contributed by atoms with Crippen LogP contribution >= 0.6 is 11.6 Å². The van der Waals surface area contributed by atoms with Crippen LogP contribution in [0.1, 0.15) is 18.5 Å². The van der Waals surface area contributed by atoms with Crippen LogP contribution in [0.5, 0.6) is 0 Å². The summed E-state index contributed by atoms with van der Waals surface area (Å²) < 4.78 is 13.1. The van der Waals surface area contributed by atoms with Gasteiger partial charge >= 0.3 is 6.03 Å². The molecule has 0 heterocycles. The molecule has 0 spiro atoms. The molecule has 1 unspecified atom stereocenters. The number of hydrogen-bond acceptors (Lipinski definition) is 2. The summed E-state index contributed by atoms with van der Waals surface area (Å²) in [7, 11) is 0. The number of carbonyl (C=O) groups is 1. The Morgan fingerprint density at radius 1 is 1.24 bits per heavy atom. The summed E-state index contributed by atoms with van der Waals surface area (Å²) in [5.41, 5.74) is 7.48. The van der Waals surface area contributed by atoms with Gasteiger partial charge in [0.05, 0.1) is 10.7 Å². The van der Waals surface area contributed by atoms with Gasteiger partial charge in [0.1, 0.15) is 5.82 Å². The Labute approximate surface area is 127 Å². The van der Waals surface area contributed by atoms with Crippen LogP contribution in [-0.2, 0) is 0 Å². The highest BCUT2D eigenvalue weighted by molar-refractivity contribution is 6.33. The van der Waals surface area contributed by atoms with Crippen LogP contribution in [0.3, 0.4) is 0 Å². The summed E-state index contributed by atoms with van der Waals surface area (Å²) in [6.07, 6.45) is 0. The SMILES string of the molecule is CC(N)c1cccc(NC(=O)Nc2cc(F)ccc2Cl)c1. The monoisotopic (exact) mass is 307 g/mol. The number of urea groups is 1. The van der Waals surface area contributed by atoms with E-state index in [1.807, 2.05) is 13.0 Å². The first-order chi connectivity index (χ1) is 9.95. The Morgan fingerprint density at radius 2 is 2.00 bits per heavy atom. The Bertz CT molecular complexity index is 661. The molecule has 0 aliphatic rings. The van der Waals surface area contributed by atoms with Crippen LogP contribution in [0.15, 0.2) is 42.5 Å². The first kappa shape index (κ1) is 15.3. The number of nitrogens with two attached hydrogens (primary N) is 1. The van der Waals surface area contributed by atoms with E-state index >= 15 is 0 Å². The number of amides is 2. The fraction of sp³-hybridized carbons (Fsp3) is 0.133. The minimum atomic E-state index is -0.510. The molecule has 4 N–H and O–H groups in total. The lowest BCUT2D eigenvalue weighted by Gasteiger charge is -2.11. The third-order valence-corrected chi connectivity index (χ3v) is 3.18. The second kappa shape index (κ2) is 6.56. The number of benzene rings is 2. The van der Waals surface area contributed by atoms with Gasteiger partial charge in [-0.1, -0.05) is 23.7 Å².